The second kappa shape index (κ2) is 6.49. The van der Waals surface area contributed by atoms with E-state index >= 15 is 0 Å². The van der Waals surface area contributed by atoms with Gasteiger partial charge in [-0.25, -0.2) is 9.48 Å². The molecule has 0 radical (unpaired) electrons. The molecule has 0 fully saturated rings. The summed E-state index contributed by atoms with van der Waals surface area (Å²) in [5.41, 5.74) is 2.33. The van der Waals surface area contributed by atoms with Gasteiger partial charge in [-0.15, -0.1) is 0 Å². The van der Waals surface area contributed by atoms with E-state index in [0.29, 0.717) is 22.1 Å². The standard InChI is InChI=1S/C19H19ClN6O2/c1-11-8-12(2)26(22-11)18-21-16-15(23(18)3)17(27)25(19(28)24(16)4)10-13-6-5-7-14(20)9-13/h5-9H,10H2,1-4H3. The number of hydrogen-bond donors (Lipinski definition) is 0. The van der Waals surface area contributed by atoms with Crippen LogP contribution >= 0.6 is 11.6 Å². The number of halogens is 1. The third kappa shape index (κ3) is 2.77. The molecule has 28 heavy (non-hydrogen) atoms. The normalized spacial score (nSPS) is 11.5. The fourth-order valence-corrected chi connectivity index (χ4v) is 3.62. The van der Waals surface area contributed by atoms with Crippen LogP contribution in [0.25, 0.3) is 17.1 Å². The number of benzene rings is 1. The predicted molar refractivity (Wildman–Crippen MR) is 107 cm³/mol. The van der Waals surface area contributed by atoms with Gasteiger partial charge in [0.15, 0.2) is 11.2 Å². The van der Waals surface area contributed by atoms with Crippen LogP contribution in [-0.2, 0) is 20.6 Å². The average Bonchev–Trinajstić information content (AvgIpc) is 3.15. The largest absolute Gasteiger partial charge is 0.332 e. The highest BCUT2D eigenvalue weighted by Gasteiger charge is 2.20. The van der Waals surface area contributed by atoms with Gasteiger partial charge in [-0.05, 0) is 37.6 Å². The third-order valence-corrected chi connectivity index (χ3v) is 5.00. The Kier molecular flexibility index (Phi) is 4.23. The van der Waals surface area contributed by atoms with Crippen LogP contribution in [0.4, 0.5) is 0 Å². The summed E-state index contributed by atoms with van der Waals surface area (Å²) in [4.78, 5) is 30.5. The summed E-state index contributed by atoms with van der Waals surface area (Å²) in [6.07, 6.45) is 0. The predicted octanol–water partition coefficient (Wildman–Crippen LogP) is 1.94. The SMILES string of the molecule is Cc1cc(C)n(-c2nc3c(c(=O)n(Cc4cccc(Cl)c4)c(=O)n3C)n2C)n1. The van der Waals surface area contributed by atoms with Crippen LogP contribution in [0.15, 0.2) is 39.9 Å². The Labute approximate surface area is 165 Å². The van der Waals surface area contributed by atoms with Crippen molar-refractivity contribution in [2.45, 2.75) is 20.4 Å². The van der Waals surface area contributed by atoms with E-state index < -0.39 is 11.2 Å². The fraction of sp³-hybridized carbons (Fsp3) is 0.263. The zero-order valence-corrected chi connectivity index (χ0v) is 16.7. The van der Waals surface area contributed by atoms with E-state index in [0.717, 1.165) is 17.0 Å². The van der Waals surface area contributed by atoms with E-state index in [-0.39, 0.29) is 6.54 Å². The quantitative estimate of drug-likeness (QED) is 0.528. The van der Waals surface area contributed by atoms with Crippen molar-refractivity contribution >= 4 is 22.8 Å². The lowest BCUT2D eigenvalue weighted by Gasteiger charge is -2.09. The summed E-state index contributed by atoms with van der Waals surface area (Å²) in [7, 11) is 3.35. The minimum atomic E-state index is -0.435. The highest BCUT2D eigenvalue weighted by Crippen LogP contribution is 2.16. The van der Waals surface area contributed by atoms with Crippen molar-refractivity contribution in [3.05, 3.63) is 73.1 Å². The van der Waals surface area contributed by atoms with Gasteiger partial charge in [0.2, 0.25) is 5.95 Å². The van der Waals surface area contributed by atoms with E-state index in [4.69, 9.17) is 11.6 Å². The Morgan fingerprint density at radius 2 is 1.82 bits per heavy atom. The molecule has 0 bridgehead atoms. The molecular formula is C19H19ClN6O2. The number of hydrogen-bond acceptors (Lipinski definition) is 4. The van der Waals surface area contributed by atoms with E-state index in [2.05, 4.69) is 10.1 Å². The zero-order chi connectivity index (χ0) is 20.2. The Bertz CT molecular complexity index is 1340. The maximum absolute atomic E-state index is 13.2. The molecule has 0 spiro atoms. The molecule has 0 amide bonds. The molecule has 0 aliphatic rings. The summed E-state index contributed by atoms with van der Waals surface area (Å²) in [6.45, 7) is 3.93. The molecule has 144 valence electrons. The lowest BCUT2D eigenvalue weighted by atomic mass is 10.2. The van der Waals surface area contributed by atoms with Crippen LogP contribution in [0.2, 0.25) is 5.02 Å². The topological polar surface area (TPSA) is 79.6 Å². The monoisotopic (exact) mass is 398 g/mol. The molecule has 0 unspecified atom stereocenters. The Balaban J connectivity index is 1.97. The van der Waals surface area contributed by atoms with Crippen molar-refractivity contribution in [2.75, 3.05) is 0 Å². The Morgan fingerprint density at radius 1 is 1.07 bits per heavy atom. The van der Waals surface area contributed by atoms with Crippen molar-refractivity contribution in [3.8, 4) is 5.95 Å². The van der Waals surface area contributed by atoms with E-state index in [1.54, 1.807) is 41.5 Å². The molecule has 0 N–H and O–H groups in total. The first-order valence-electron chi connectivity index (χ1n) is 8.72. The molecule has 1 aromatic carbocycles. The van der Waals surface area contributed by atoms with Crippen molar-refractivity contribution in [2.24, 2.45) is 14.1 Å². The number of fused-ring (bicyclic) bond motifs is 1. The van der Waals surface area contributed by atoms with Gasteiger partial charge in [-0.3, -0.25) is 13.9 Å². The van der Waals surface area contributed by atoms with Crippen LogP contribution < -0.4 is 11.2 Å². The fourth-order valence-electron chi connectivity index (χ4n) is 3.41. The number of rotatable bonds is 3. The number of nitrogens with zero attached hydrogens (tertiary/aromatic N) is 6. The number of aryl methyl sites for hydroxylation is 4. The lowest BCUT2D eigenvalue weighted by Crippen LogP contribution is -2.39. The molecule has 9 heteroatoms. The molecule has 0 saturated carbocycles. The summed E-state index contributed by atoms with van der Waals surface area (Å²) >= 11 is 6.04. The van der Waals surface area contributed by atoms with Crippen molar-refractivity contribution < 1.29 is 0 Å². The van der Waals surface area contributed by atoms with Crippen LogP contribution in [0.5, 0.6) is 0 Å². The van der Waals surface area contributed by atoms with E-state index in [1.165, 1.54) is 9.13 Å². The highest BCUT2D eigenvalue weighted by atomic mass is 35.5. The molecular weight excluding hydrogens is 380 g/mol. The first kappa shape index (κ1) is 18.2. The Morgan fingerprint density at radius 3 is 2.46 bits per heavy atom. The molecule has 0 aliphatic heterocycles. The summed E-state index contributed by atoms with van der Waals surface area (Å²) in [5.74, 6) is 0.480. The number of aromatic nitrogens is 6. The molecule has 3 heterocycles. The average molecular weight is 399 g/mol. The maximum atomic E-state index is 13.2. The molecule has 0 aliphatic carbocycles. The molecule has 8 nitrogen and oxygen atoms in total. The third-order valence-electron chi connectivity index (χ3n) is 4.77. The van der Waals surface area contributed by atoms with Gasteiger partial charge in [0.25, 0.3) is 5.56 Å². The summed E-state index contributed by atoms with van der Waals surface area (Å²) < 4.78 is 5.92. The molecule has 3 aromatic heterocycles. The van der Waals surface area contributed by atoms with Crippen LogP contribution in [0.1, 0.15) is 17.0 Å². The van der Waals surface area contributed by atoms with Crippen molar-refractivity contribution in [1.29, 1.82) is 0 Å². The van der Waals surface area contributed by atoms with Crippen LogP contribution in [-0.4, -0.2) is 28.5 Å². The second-order valence-corrected chi connectivity index (χ2v) is 7.28. The minimum absolute atomic E-state index is 0.127. The second-order valence-electron chi connectivity index (χ2n) is 6.84. The van der Waals surface area contributed by atoms with Gasteiger partial charge < -0.3 is 4.57 Å². The molecule has 0 saturated heterocycles. The highest BCUT2D eigenvalue weighted by molar-refractivity contribution is 6.30. The van der Waals surface area contributed by atoms with Crippen LogP contribution in [0, 0.1) is 13.8 Å². The summed E-state index contributed by atoms with van der Waals surface area (Å²) in [6, 6.07) is 9.03. The van der Waals surface area contributed by atoms with Gasteiger partial charge >= 0.3 is 5.69 Å². The lowest BCUT2D eigenvalue weighted by molar-refractivity contribution is 0.655. The smallest absolute Gasteiger partial charge is 0.306 e. The van der Waals surface area contributed by atoms with Gasteiger partial charge in [0.05, 0.1) is 12.2 Å². The molecule has 4 aromatic rings. The summed E-state index contributed by atoms with van der Waals surface area (Å²) in [5, 5.41) is 4.99. The van der Waals surface area contributed by atoms with Gasteiger partial charge in [-0.1, -0.05) is 23.7 Å². The number of imidazole rings is 1. The Hall–Kier alpha value is -3.13. The zero-order valence-electron chi connectivity index (χ0n) is 16.0. The van der Waals surface area contributed by atoms with Crippen molar-refractivity contribution in [1.82, 2.24) is 28.5 Å². The first-order valence-corrected chi connectivity index (χ1v) is 9.10. The van der Waals surface area contributed by atoms with E-state index in [1.807, 2.05) is 26.0 Å². The molecule has 0 atom stereocenters. The van der Waals surface area contributed by atoms with Gasteiger partial charge in [0.1, 0.15) is 0 Å². The maximum Gasteiger partial charge on any atom is 0.332 e. The first-order chi connectivity index (χ1) is 13.3. The van der Waals surface area contributed by atoms with Gasteiger partial charge in [0, 0.05) is 24.8 Å². The molecule has 4 rings (SSSR count). The minimum Gasteiger partial charge on any atom is -0.306 e. The van der Waals surface area contributed by atoms with Gasteiger partial charge in [-0.2, -0.15) is 10.1 Å². The van der Waals surface area contributed by atoms with Crippen LogP contribution in [0.3, 0.4) is 0 Å². The van der Waals surface area contributed by atoms with E-state index in [9.17, 15) is 9.59 Å². The van der Waals surface area contributed by atoms with Crippen molar-refractivity contribution in [3.63, 3.8) is 0 Å².